The van der Waals surface area contributed by atoms with Crippen molar-refractivity contribution in [3.63, 3.8) is 0 Å². The third kappa shape index (κ3) is 6.80. The maximum absolute atomic E-state index is 13.0. The summed E-state index contributed by atoms with van der Waals surface area (Å²) in [6.07, 6.45) is 7.34. The number of halogens is 1. The fraction of sp³-hybridized carbons (Fsp3) is 0.957. The average molecular weight is 501 g/mol. The van der Waals surface area contributed by atoms with Crippen LogP contribution in [0, 0.1) is 5.92 Å². The zero-order valence-electron chi connectivity index (χ0n) is 20.5. The second kappa shape index (κ2) is 13.1. The summed E-state index contributed by atoms with van der Waals surface area (Å²) >= 11 is 6.51. The van der Waals surface area contributed by atoms with Crippen LogP contribution in [0.3, 0.4) is 0 Å². The first-order valence-corrected chi connectivity index (χ1v) is 13.7. The third-order valence-corrected chi connectivity index (χ3v) is 8.49. The van der Waals surface area contributed by atoms with Crippen molar-refractivity contribution in [3.05, 3.63) is 0 Å². The molecule has 196 valence electrons. The largest absolute Gasteiger partial charge is 0.395 e. The highest BCUT2D eigenvalue weighted by molar-refractivity contribution is 6.21. The van der Waals surface area contributed by atoms with E-state index >= 15 is 0 Å². The van der Waals surface area contributed by atoms with Crippen molar-refractivity contribution in [2.24, 2.45) is 5.92 Å². The number of rotatable bonds is 9. The molecule has 0 aromatic carbocycles. The number of carbonyl (C=O) groups excluding carboxylic acids is 1. The van der Waals surface area contributed by atoms with Crippen LogP contribution in [-0.2, 0) is 4.79 Å². The van der Waals surface area contributed by atoms with Crippen LogP contribution in [0.5, 0.6) is 0 Å². The number of alkyl halides is 1. The molecule has 3 heterocycles. The molecule has 4 fully saturated rings. The number of hydrazine groups is 1. The van der Waals surface area contributed by atoms with Gasteiger partial charge in [-0.2, -0.15) is 0 Å². The van der Waals surface area contributed by atoms with Gasteiger partial charge >= 0.3 is 0 Å². The summed E-state index contributed by atoms with van der Waals surface area (Å²) in [6, 6.07) is 0.825. The lowest BCUT2D eigenvalue weighted by atomic mass is 9.84. The molecule has 3 aliphatic heterocycles. The number of hydrogen-bond acceptors (Lipinski definition) is 9. The summed E-state index contributed by atoms with van der Waals surface area (Å²) in [5, 5.41) is 27.0. The van der Waals surface area contributed by atoms with E-state index in [0.717, 1.165) is 71.2 Å². The van der Waals surface area contributed by atoms with Crippen LogP contribution in [0.25, 0.3) is 0 Å². The SMILES string of the molecule is C[C@@H](NC(=O)C1CCCC(NCC2NNC(C3CCNCN3)N2CCO)C1)C1NCCCC1Cl. The lowest BCUT2D eigenvalue weighted by molar-refractivity contribution is -0.127. The van der Waals surface area contributed by atoms with Crippen molar-refractivity contribution in [2.45, 2.75) is 93.7 Å². The number of hydrogen-bond donors (Lipinski definition) is 8. The molecule has 0 radical (unpaired) electrons. The van der Waals surface area contributed by atoms with Gasteiger partial charge < -0.3 is 26.4 Å². The van der Waals surface area contributed by atoms with Gasteiger partial charge in [-0.15, -0.1) is 11.6 Å². The van der Waals surface area contributed by atoms with Crippen LogP contribution >= 0.6 is 11.6 Å². The maximum atomic E-state index is 13.0. The number of aliphatic hydroxyl groups excluding tert-OH is 1. The van der Waals surface area contributed by atoms with Gasteiger partial charge in [-0.05, 0) is 58.5 Å². The molecule has 0 bridgehead atoms. The van der Waals surface area contributed by atoms with Crippen LogP contribution < -0.4 is 37.4 Å². The molecule has 10 nitrogen and oxygen atoms in total. The van der Waals surface area contributed by atoms with E-state index in [0.29, 0.717) is 18.6 Å². The first-order valence-electron chi connectivity index (χ1n) is 13.3. The monoisotopic (exact) mass is 500 g/mol. The average Bonchev–Trinajstić information content (AvgIpc) is 3.26. The van der Waals surface area contributed by atoms with Gasteiger partial charge in [-0.25, -0.2) is 10.9 Å². The Morgan fingerprint density at radius 3 is 2.79 bits per heavy atom. The Bertz CT molecular complexity index is 640. The fourth-order valence-corrected chi connectivity index (χ4v) is 6.52. The van der Waals surface area contributed by atoms with Crippen molar-refractivity contribution in [3.8, 4) is 0 Å². The molecule has 11 heteroatoms. The normalized spacial score (nSPS) is 38.5. The molecule has 3 saturated heterocycles. The molecule has 34 heavy (non-hydrogen) atoms. The summed E-state index contributed by atoms with van der Waals surface area (Å²) < 4.78 is 0. The molecule has 0 spiro atoms. The molecule has 7 unspecified atom stereocenters. The summed E-state index contributed by atoms with van der Waals surface area (Å²) in [5.41, 5.74) is 6.86. The molecule has 0 aromatic heterocycles. The zero-order chi connectivity index (χ0) is 23.9. The van der Waals surface area contributed by atoms with Gasteiger partial charge in [0.15, 0.2) is 0 Å². The lowest BCUT2D eigenvalue weighted by Crippen LogP contribution is -2.59. The zero-order valence-corrected chi connectivity index (χ0v) is 21.2. The molecule has 8 atom stereocenters. The predicted molar refractivity (Wildman–Crippen MR) is 134 cm³/mol. The van der Waals surface area contributed by atoms with Crippen molar-refractivity contribution < 1.29 is 9.90 Å². The molecule has 4 aliphatic rings. The van der Waals surface area contributed by atoms with Gasteiger partial charge in [-0.1, -0.05) is 6.42 Å². The molecule has 1 aliphatic carbocycles. The second-order valence-electron chi connectivity index (χ2n) is 10.4. The second-order valence-corrected chi connectivity index (χ2v) is 11.0. The summed E-state index contributed by atoms with van der Waals surface area (Å²) in [7, 11) is 0. The number of nitrogens with zero attached hydrogens (tertiary/aromatic N) is 1. The smallest absolute Gasteiger partial charge is 0.223 e. The van der Waals surface area contributed by atoms with E-state index in [-0.39, 0.29) is 48.2 Å². The van der Waals surface area contributed by atoms with E-state index in [4.69, 9.17) is 11.6 Å². The predicted octanol–water partition coefficient (Wildman–Crippen LogP) is -1.04. The van der Waals surface area contributed by atoms with Crippen molar-refractivity contribution in [2.75, 3.05) is 39.5 Å². The first kappa shape index (κ1) is 26.5. The molecule has 0 aromatic rings. The standard InChI is InChI=1S/C23H45ClN8O2/c1-15(21-18(24)6-3-8-26-21)29-23(34)16-4-2-5-17(12-16)27-13-20-30-31-22(32(20)10-11-33)19-7-9-25-14-28-19/h15-22,25-28,30-31,33H,2-14H2,1H3,(H,29,34)/t15-,16?,17?,18?,19?,20?,21?,22?/m1/s1. The third-order valence-electron chi connectivity index (χ3n) is 8.00. The van der Waals surface area contributed by atoms with E-state index < -0.39 is 0 Å². The number of piperidine rings is 1. The van der Waals surface area contributed by atoms with Gasteiger partial charge in [0.1, 0.15) is 0 Å². The van der Waals surface area contributed by atoms with Crippen LogP contribution in [0.15, 0.2) is 0 Å². The summed E-state index contributed by atoms with van der Waals surface area (Å²) in [5.74, 6) is 0.204. The van der Waals surface area contributed by atoms with Gasteiger partial charge in [0.25, 0.3) is 0 Å². The minimum atomic E-state index is 0.0324. The van der Waals surface area contributed by atoms with Crippen LogP contribution in [0.2, 0.25) is 0 Å². The van der Waals surface area contributed by atoms with E-state index in [1.54, 1.807) is 0 Å². The van der Waals surface area contributed by atoms with E-state index in [2.05, 4.69) is 49.3 Å². The molecule has 1 amide bonds. The highest BCUT2D eigenvalue weighted by atomic mass is 35.5. The molecular formula is C23H45ClN8O2. The quantitative estimate of drug-likeness (QED) is 0.187. The Labute approximate surface area is 209 Å². The Morgan fingerprint density at radius 2 is 2.03 bits per heavy atom. The highest BCUT2D eigenvalue weighted by Gasteiger charge is 2.38. The first-order chi connectivity index (χ1) is 16.6. The van der Waals surface area contributed by atoms with E-state index in [1.807, 2.05) is 0 Å². The Hall–Kier alpha value is -0.560. The van der Waals surface area contributed by atoms with Crippen molar-refractivity contribution in [1.29, 1.82) is 0 Å². The van der Waals surface area contributed by atoms with Gasteiger partial charge in [0, 0.05) is 49.8 Å². The van der Waals surface area contributed by atoms with Gasteiger partial charge in [0.05, 0.1) is 24.3 Å². The molecule has 4 rings (SSSR count). The van der Waals surface area contributed by atoms with Gasteiger partial charge in [0.2, 0.25) is 5.91 Å². The Balaban J connectivity index is 1.24. The summed E-state index contributed by atoms with van der Waals surface area (Å²) in [6.45, 7) is 6.36. The lowest BCUT2D eigenvalue weighted by Gasteiger charge is -2.37. The summed E-state index contributed by atoms with van der Waals surface area (Å²) in [4.78, 5) is 15.3. The minimum absolute atomic E-state index is 0.0324. The Morgan fingerprint density at radius 1 is 1.15 bits per heavy atom. The molecular weight excluding hydrogens is 456 g/mol. The van der Waals surface area contributed by atoms with Crippen molar-refractivity contribution in [1.82, 2.24) is 42.3 Å². The number of aliphatic hydroxyl groups is 1. The highest BCUT2D eigenvalue weighted by Crippen LogP contribution is 2.26. The Kier molecular flexibility index (Phi) is 10.2. The minimum Gasteiger partial charge on any atom is -0.395 e. The van der Waals surface area contributed by atoms with E-state index in [1.165, 1.54) is 0 Å². The van der Waals surface area contributed by atoms with Gasteiger partial charge in [-0.3, -0.25) is 15.0 Å². The fourth-order valence-electron chi connectivity index (χ4n) is 6.06. The van der Waals surface area contributed by atoms with Crippen molar-refractivity contribution >= 4 is 17.5 Å². The number of amides is 1. The van der Waals surface area contributed by atoms with Crippen LogP contribution in [0.1, 0.15) is 51.9 Å². The van der Waals surface area contributed by atoms with E-state index in [9.17, 15) is 9.90 Å². The topological polar surface area (TPSA) is 125 Å². The van der Waals surface area contributed by atoms with Crippen LogP contribution in [0.4, 0.5) is 0 Å². The number of carbonyl (C=O) groups is 1. The molecule has 1 saturated carbocycles. The number of nitrogens with one attached hydrogen (secondary N) is 7. The number of β-amino-alcohol motifs (C(OH)–C–C–N with tert-alkyl or cyclic N) is 1. The van der Waals surface area contributed by atoms with Crippen LogP contribution in [-0.4, -0.2) is 97.2 Å². The molecule has 8 N–H and O–H groups in total. The maximum Gasteiger partial charge on any atom is 0.223 e.